The maximum Gasteiger partial charge on any atom is 0.0782 e. The zero-order chi connectivity index (χ0) is 14.3. The molecule has 0 radical (unpaired) electrons. The van der Waals surface area contributed by atoms with Crippen LogP contribution in [0.25, 0.3) is 0 Å². The molecule has 0 bridgehead atoms. The van der Waals surface area contributed by atoms with Crippen LogP contribution in [0, 0.1) is 0 Å². The first-order valence-electron chi connectivity index (χ1n) is 7.48. The van der Waals surface area contributed by atoms with Gasteiger partial charge >= 0.3 is 0 Å². The van der Waals surface area contributed by atoms with Gasteiger partial charge in [0.05, 0.1) is 5.60 Å². The van der Waals surface area contributed by atoms with Gasteiger partial charge in [0.25, 0.3) is 0 Å². The normalized spacial score (nSPS) is 13.7. The van der Waals surface area contributed by atoms with E-state index in [1.165, 1.54) is 9.75 Å². The number of thiophene rings is 1. The lowest BCUT2D eigenvalue weighted by atomic mass is 9.94. The van der Waals surface area contributed by atoms with Gasteiger partial charge in [-0.05, 0) is 58.7 Å². The molecular weight excluding hydrogens is 254 g/mol. The van der Waals surface area contributed by atoms with Crippen molar-refractivity contribution in [1.82, 2.24) is 5.32 Å². The van der Waals surface area contributed by atoms with E-state index in [1.807, 2.05) is 11.3 Å². The van der Waals surface area contributed by atoms with Gasteiger partial charge in [0, 0.05) is 22.4 Å². The molecule has 1 aromatic heterocycles. The first kappa shape index (κ1) is 16.7. The van der Waals surface area contributed by atoms with E-state index >= 15 is 0 Å². The van der Waals surface area contributed by atoms with Gasteiger partial charge in [-0.3, -0.25) is 0 Å². The first-order chi connectivity index (χ1) is 9.03. The standard InChI is InChI=1S/C16H29NOS/c1-6-11-17-15(16(4,5)18-8-3)12-14-10-9-13(7-2)19-14/h9-10,15,17H,6-8,11-12H2,1-5H3. The van der Waals surface area contributed by atoms with Crippen molar-refractivity contribution in [3.8, 4) is 0 Å². The summed E-state index contributed by atoms with van der Waals surface area (Å²) in [5.41, 5.74) is -0.125. The second-order valence-electron chi connectivity index (χ2n) is 5.47. The number of rotatable bonds is 9. The molecule has 1 rings (SSSR count). The van der Waals surface area contributed by atoms with Crippen LogP contribution in [0.3, 0.4) is 0 Å². The van der Waals surface area contributed by atoms with Gasteiger partial charge in [-0.25, -0.2) is 0 Å². The van der Waals surface area contributed by atoms with E-state index in [2.05, 4.69) is 52.1 Å². The van der Waals surface area contributed by atoms with E-state index < -0.39 is 0 Å². The van der Waals surface area contributed by atoms with Gasteiger partial charge in [-0.15, -0.1) is 11.3 Å². The first-order valence-corrected chi connectivity index (χ1v) is 8.30. The largest absolute Gasteiger partial charge is 0.374 e. The topological polar surface area (TPSA) is 21.3 Å². The van der Waals surface area contributed by atoms with Crippen molar-refractivity contribution in [3.05, 3.63) is 21.9 Å². The summed E-state index contributed by atoms with van der Waals surface area (Å²) in [4.78, 5) is 2.93. The van der Waals surface area contributed by atoms with Crippen molar-refractivity contribution in [2.75, 3.05) is 13.2 Å². The molecule has 0 spiro atoms. The second-order valence-corrected chi connectivity index (χ2v) is 6.72. The molecule has 1 heterocycles. The molecule has 0 aliphatic carbocycles. The SMILES string of the molecule is CCCNC(Cc1ccc(CC)s1)C(C)(C)OCC. The molecule has 1 atom stereocenters. The Kier molecular flexibility index (Phi) is 7.05. The average molecular weight is 283 g/mol. The number of hydrogen-bond donors (Lipinski definition) is 1. The summed E-state index contributed by atoms with van der Waals surface area (Å²) >= 11 is 1.93. The molecule has 0 aliphatic heterocycles. The Morgan fingerprint density at radius 2 is 1.89 bits per heavy atom. The zero-order valence-corrected chi connectivity index (χ0v) is 13.9. The number of hydrogen-bond acceptors (Lipinski definition) is 3. The summed E-state index contributed by atoms with van der Waals surface area (Å²) in [6.07, 6.45) is 3.34. The third-order valence-electron chi connectivity index (χ3n) is 3.47. The summed E-state index contributed by atoms with van der Waals surface area (Å²) in [7, 11) is 0. The van der Waals surface area contributed by atoms with Crippen LogP contribution in [0.15, 0.2) is 12.1 Å². The molecule has 2 nitrogen and oxygen atoms in total. The van der Waals surface area contributed by atoms with Gasteiger partial charge in [0.1, 0.15) is 0 Å². The highest BCUT2D eigenvalue weighted by Crippen LogP contribution is 2.24. The molecule has 3 heteroatoms. The zero-order valence-electron chi connectivity index (χ0n) is 13.1. The highest BCUT2D eigenvalue weighted by Gasteiger charge is 2.29. The van der Waals surface area contributed by atoms with Crippen molar-refractivity contribution in [2.45, 2.75) is 65.5 Å². The van der Waals surface area contributed by atoms with Gasteiger partial charge in [0.2, 0.25) is 0 Å². The fourth-order valence-corrected chi connectivity index (χ4v) is 3.28. The van der Waals surface area contributed by atoms with Gasteiger partial charge in [0.15, 0.2) is 0 Å². The van der Waals surface area contributed by atoms with Crippen LogP contribution in [-0.2, 0) is 17.6 Å². The van der Waals surface area contributed by atoms with Gasteiger partial charge < -0.3 is 10.1 Å². The Bertz CT molecular complexity index is 359. The van der Waals surface area contributed by atoms with Crippen LogP contribution in [0.1, 0.15) is 50.8 Å². The molecule has 0 amide bonds. The Balaban J connectivity index is 2.73. The highest BCUT2D eigenvalue weighted by atomic mass is 32.1. The molecule has 0 aliphatic rings. The van der Waals surface area contributed by atoms with Crippen molar-refractivity contribution >= 4 is 11.3 Å². The molecule has 110 valence electrons. The fraction of sp³-hybridized carbons (Fsp3) is 0.750. The fourth-order valence-electron chi connectivity index (χ4n) is 2.28. The average Bonchev–Trinajstić information content (AvgIpc) is 2.82. The molecular formula is C16H29NOS. The van der Waals surface area contributed by atoms with Crippen LogP contribution in [0.5, 0.6) is 0 Å². The molecule has 0 saturated carbocycles. The lowest BCUT2D eigenvalue weighted by molar-refractivity contribution is -0.0378. The van der Waals surface area contributed by atoms with Crippen LogP contribution >= 0.6 is 11.3 Å². The Labute approximate surface area is 122 Å². The summed E-state index contributed by atoms with van der Waals surface area (Å²) in [6.45, 7) is 12.7. The molecule has 1 unspecified atom stereocenters. The monoisotopic (exact) mass is 283 g/mol. The molecule has 1 aromatic rings. The number of aryl methyl sites for hydroxylation is 1. The van der Waals surface area contributed by atoms with Crippen molar-refractivity contribution < 1.29 is 4.74 Å². The molecule has 19 heavy (non-hydrogen) atoms. The van der Waals surface area contributed by atoms with E-state index in [0.29, 0.717) is 6.04 Å². The van der Waals surface area contributed by atoms with E-state index in [-0.39, 0.29) is 5.60 Å². The predicted octanol–water partition coefficient (Wildman–Crippen LogP) is 4.04. The van der Waals surface area contributed by atoms with E-state index in [1.54, 1.807) is 0 Å². The van der Waals surface area contributed by atoms with E-state index in [9.17, 15) is 0 Å². The number of nitrogens with one attached hydrogen (secondary N) is 1. The van der Waals surface area contributed by atoms with E-state index in [4.69, 9.17) is 4.74 Å². The maximum atomic E-state index is 5.94. The molecule has 0 saturated heterocycles. The maximum absolute atomic E-state index is 5.94. The van der Waals surface area contributed by atoms with E-state index in [0.717, 1.165) is 32.4 Å². The minimum absolute atomic E-state index is 0.125. The van der Waals surface area contributed by atoms with Gasteiger partial charge in [-0.1, -0.05) is 13.8 Å². The van der Waals surface area contributed by atoms with Crippen LogP contribution in [0.2, 0.25) is 0 Å². The Morgan fingerprint density at radius 3 is 2.42 bits per heavy atom. The lowest BCUT2D eigenvalue weighted by Crippen LogP contribution is -2.50. The lowest BCUT2D eigenvalue weighted by Gasteiger charge is -2.35. The van der Waals surface area contributed by atoms with Gasteiger partial charge in [-0.2, -0.15) is 0 Å². The van der Waals surface area contributed by atoms with Crippen LogP contribution in [0.4, 0.5) is 0 Å². The quantitative estimate of drug-likeness (QED) is 0.738. The third kappa shape index (κ3) is 5.25. The Hall–Kier alpha value is -0.380. The summed E-state index contributed by atoms with van der Waals surface area (Å²) in [5.74, 6) is 0. The predicted molar refractivity (Wildman–Crippen MR) is 85.2 cm³/mol. The summed E-state index contributed by atoms with van der Waals surface area (Å²) in [6, 6.07) is 4.90. The van der Waals surface area contributed by atoms with Crippen molar-refractivity contribution in [2.24, 2.45) is 0 Å². The third-order valence-corrected chi connectivity index (χ3v) is 4.72. The molecule has 0 fully saturated rings. The van der Waals surface area contributed by atoms with Crippen molar-refractivity contribution in [3.63, 3.8) is 0 Å². The smallest absolute Gasteiger partial charge is 0.0782 e. The minimum Gasteiger partial charge on any atom is -0.374 e. The van der Waals surface area contributed by atoms with Crippen LogP contribution < -0.4 is 5.32 Å². The second kappa shape index (κ2) is 8.03. The molecule has 1 N–H and O–H groups in total. The van der Waals surface area contributed by atoms with Crippen molar-refractivity contribution in [1.29, 1.82) is 0 Å². The Morgan fingerprint density at radius 1 is 1.21 bits per heavy atom. The summed E-state index contributed by atoms with van der Waals surface area (Å²) in [5, 5.41) is 3.65. The highest BCUT2D eigenvalue weighted by molar-refractivity contribution is 7.11. The minimum atomic E-state index is -0.125. The summed E-state index contributed by atoms with van der Waals surface area (Å²) < 4.78 is 5.94. The molecule has 0 aromatic carbocycles. The number of ether oxygens (including phenoxy) is 1. The van der Waals surface area contributed by atoms with Crippen LogP contribution in [-0.4, -0.2) is 24.8 Å².